The molecule has 0 atom stereocenters. The lowest BCUT2D eigenvalue weighted by Gasteiger charge is -2.11. The van der Waals surface area contributed by atoms with E-state index in [2.05, 4.69) is 15.1 Å². The molecule has 0 aliphatic carbocycles. The molecular weight excluding hydrogens is 431 g/mol. The lowest BCUT2D eigenvalue weighted by molar-refractivity contribution is 0.0952. The molecule has 1 aromatic heterocycles. The van der Waals surface area contributed by atoms with Crippen LogP contribution in [-0.2, 0) is 16.6 Å². The zero-order valence-corrected chi connectivity index (χ0v) is 17.7. The highest BCUT2D eigenvalue weighted by Crippen LogP contribution is 2.22. The van der Waals surface area contributed by atoms with E-state index in [0.29, 0.717) is 19.5 Å². The third kappa shape index (κ3) is 5.58. The van der Waals surface area contributed by atoms with Gasteiger partial charge in [-0.1, -0.05) is 11.6 Å². The van der Waals surface area contributed by atoms with Gasteiger partial charge in [0, 0.05) is 25.0 Å². The third-order valence-corrected chi connectivity index (χ3v) is 5.91. The number of carbonyl (C=O) groups excluding carboxylic acids is 1. The van der Waals surface area contributed by atoms with E-state index in [-0.39, 0.29) is 21.2 Å². The van der Waals surface area contributed by atoms with Crippen LogP contribution in [-0.4, -0.2) is 30.7 Å². The first-order valence-corrected chi connectivity index (χ1v) is 11.0. The SMILES string of the molecule is Cc1cnn(CCCNC(=O)c2cc(S(=O)(=O)Nc3ccc(F)cc3)ccc2Cl)c1. The van der Waals surface area contributed by atoms with Crippen molar-refractivity contribution in [3.05, 3.63) is 76.8 Å². The van der Waals surface area contributed by atoms with Crippen molar-refractivity contribution in [2.45, 2.75) is 24.8 Å². The van der Waals surface area contributed by atoms with E-state index in [1.165, 1.54) is 30.3 Å². The zero-order chi connectivity index (χ0) is 21.7. The van der Waals surface area contributed by atoms with Gasteiger partial charge in [0.05, 0.1) is 21.7 Å². The molecule has 10 heteroatoms. The molecule has 0 spiro atoms. The zero-order valence-electron chi connectivity index (χ0n) is 16.1. The average Bonchev–Trinajstić information content (AvgIpc) is 3.12. The predicted molar refractivity (Wildman–Crippen MR) is 113 cm³/mol. The van der Waals surface area contributed by atoms with Gasteiger partial charge in [-0.15, -0.1) is 0 Å². The number of rotatable bonds is 8. The van der Waals surface area contributed by atoms with Gasteiger partial charge >= 0.3 is 0 Å². The summed E-state index contributed by atoms with van der Waals surface area (Å²) in [6, 6.07) is 8.74. The number of benzene rings is 2. The standard InChI is InChI=1S/C20H20ClFN4O3S/c1-14-12-24-26(13-14)10-2-9-23-20(27)18-11-17(7-8-19(18)21)30(28,29)25-16-5-3-15(22)4-6-16/h3-8,11-13,25H,2,9-10H2,1H3,(H,23,27). The Morgan fingerprint density at radius 3 is 2.60 bits per heavy atom. The van der Waals surface area contributed by atoms with Crippen molar-refractivity contribution in [2.24, 2.45) is 0 Å². The van der Waals surface area contributed by atoms with E-state index in [1.807, 2.05) is 13.1 Å². The summed E-state index contributed by atoms with van der Waals surface area (Å²) in [4.78, 5) is 12.3. The molecule has 0 aliphatic rings. The van der Waals surface area contributed by atoms with Crippen LogP contribution in [0.3, 0.4) is 0 Å². The van der Waals surface area contributed by atoms with Crippen molar-refractivity contribution in [1.29, 1.82) is 0 Å². The van der Waals surface area contributed by atoms with Crippen molar-refractivity contribution < 1.29 is 17.6 Å². The van der Waals surface area contributed by atoms with Crippen LogP contribution in [0.5, 0.6) is 0 Å². The molecule has 158 valence electrons. The molecule has 3 rings (SSSR count). The fraction of sp³-hybridized carbons (Fsp3) is 0.200. The summed E-state index contributed by atoms with van der Waals surface area (Å²) >= 11 is 6.10. The highest BCUT2D eigenvalue weighted by atomic mass is 35.5. The summed E-state index contributed by atoms with van der Waals surface area (Å²) in [5.74, 6) is -0.957. The second-order valence-corrected chi connectivity index (χ2v) is 8.73. The molecule has 1 heterocycles. The Morgan fingerprint density at radius 2 is 1.93 bits per heavy atom. The number of nitrogens with zero attached hydrogens (tertiary/aromatic N) is 2. The minimum Gasteiger partial charge on any atom is -0.352 e. The van der Waals surface area contributed by atoms with E-state index in [1.54, 1.807) is 10.9 Å². The van der Waals surface area contributed by atoms with Gasteiger partial charge in [0.25, 0.3) is 15.9 Å². The van der Waals surface area contributed by atoms with Crippen molar-refractivity contribution >= 4 is 33.2 Å². The summed E-state index contributed by atoms with van der Waals surface area (Å²) in [7, 11) is -3.98. The Balaban J connectivity index is 1.65. The van der Waals surface area contributed by atoms with Gasteiger partial charge in [-0.2, -0.15) is 5.10 Å². The number of nitrogens with one attached hydrogen (secondary N) is 2. The summed E-state index contributed by atoms with van der Waals surface area (Å²) in [6.45, 7) is 2.95. The van der Waals surface area contributed by atoms with Crippen LogP contribution in [0.2, 0.25) is 5.02 Å². The third-order valence-electron chi connectivity index (χ3n) is 4.20. The van der Waals surface area contributed by atoms with Crippen molar-refractivity contribution in [3.63, 3.8) is 0 Å². The van der Waals surface area contributed by atoms with Crippen LogP contribution in [0.1, 0.15) is 22.3 Å². The maximum absolute atomic E-state index is 13.0. The van der Waals surface area contributed by atoms with Gasteiger partial charge in [-0.25, -0.2) is 12.8 Å². The Bertz CT molecular complexity index is 1150. The number of hydrogen-bond donors (Lipinski definition) is 2. The quantitative estimate of drug-likeness (QED) is 0.513. The summed E-state index contributed by atoms with van der Waals surface area (Å²) in [5.41, 5.74) is 1.30. The van der Waals surface area contributed by atoms with E-state index in [9.17, 15) is 17.6 Å². The van der Waals surface area contributed by atoms with E-state index in [4.69, 9.17) is 11.6 Å². The topological polar surface area (TPSA) is 93.1 Å². The van der Waals surface area contributed by atoms with E-state index < -0.39 is 21.7 Å². The van der Waals surface area contributed by atoms with Crippen molar-refractivity contribution in [1.82, 2.24) is 15.1 Å². The fourth-order valence-electron chi connectivity index (χ4n) is 2.70. The second kappa shape index (κ2) is 9.27. The molecule has 2 N–H and O–H groups in total. The van der Waals surface area contributed by atoms with Crippen LogP contribution in [0.25, 0.3) is 0 Å². The average molecular weight is 451 g/mol. The highest BCUT2D eigenvalue weighted by molar-refractivity contribution is 7.92. The van der Waals surface area contributed by atoms with E-state index >= 15 is 0 Å². The number of hydrogen-bond acceptors (Lipinski definition) is 4. The molecule has 0 radical (unpaired) electrons. The first-order chi connectivity index (χ1) is 14.2. The normalized spacial score (nSPS) is 11.3. The van der Waals surface area contributed by atoms with Crippen molar-refractivity contribution in [3.8, 4) is 0 Å². The number of halogens is 2. The minimum absolute atomic E-state index is 0.0496. The summed E-state index contributed by atoms with van der Waals surface area (Å²) in [5, 5.41) is 7.04. The Labute approximate surface area is 178 Å². The van der Waals surface area contributed by atoms with Gasteiger partial charge < -0.3 is 5.32 Å². The molecule has 3 aromatic rings. The molecule has 1 amide bonds. The van der Waals surface area contributed by atoms with Gasteiger partial charge in [-0.05, 0) is 61.4 Å². The maximum Gasteiger partial charge on any atom is 0.261 e. The van der Waals surface area contributed by atoms with Crippen LogP contribution in [0.15, 0.2) is 59.8 Å². The number of aromatic nitrogens is 2. The number of anilines is 1. The molecule has 7 nitrogen and oxygen atoms in total. The van der Waals surface area contributed by atoms with Gasteiger partial charge in [0.1, 0.15) is 5.82 Å². The molecular formula is C20H20ClFN4O3S. The first-order valence-electron chi connectivity index (χ1n) is 9.10. The highest BCUT2D eigenvalue weighted by Gasteiger charge is 2.19. The number of aryl methyl sites for hydroxylation is 2. The van der Waals surface area contributed by atoms with Crippen LogP contribution < -0.4 is 10.0 Å². The second-order valence-electron chi connectivity index (χ2n) is 6.64. The monoisotopic (exact) mass is 450 g/mol. The minimum atomic E-state index is -3.98. The van der Waals surface area contributed by atoms with Gasteiger partial charge in [0.2, 0.25) is 0 Å². The first kappa shape index (κ1) is 21.8. The Morgan fingerprint density at radius 1 is 1.20 bits per heavy atom. The predicted octanol–water partition coefficient (Wildman–Crippen LogP) is 3.60. The maximum atomic E-state index is 13.0. The number of carbonyl (C=O) groups is 1. The van der Waals surface area contributed by atoms with Gasteiger partial charge in [-0.3, -0.25) is 14.2 Å². The van der Waals surface area contributed by atoms with E-state index in [0.717, 1.165) is 17.7 Å². The van der Waals surface area contributed by atoms with Crippen LogP contribution >= 0.6 is 11.6 Å². The molecule has 2 aromatic carbocycles. The largest absolute Gasteiger partial charge is 0.352 e. The summed E-state index contributed by atoms with van der Waals surface area (Å²) in [6.07, 6.45) is 4.31. The van der Waals surface area contributed by atoms with Crippen LogP contribution in [0.4, 0.5) is 10.1 Å². The molecule has 0 fully saturated rings. The fourth-order valence-corrected chi connectivity index (χ4v) is 3.99. The van der Waals surface area contributed by atoms with Crippen molar-refractivity contribution in [2.75, 3.05) is 11.3 Å². The molecule has 30 heavy (non-hydrogen) atoms. The molecule has 0 unspecified atom stereocenters. The molecule has 0 saturated heterocycles. The van der Waals surface area contributed by atoms with Gasteiger partial charge in [0.15, 0.2) is 0 Å². The number of sulfonamides is 1. The lowest BCUT2D eigenvalue weighted by atomic mass is 10.2. The van der Waals surface area contributed by atoms with Crippen LogP contribution in [0, 0.1) is 12.7 Å². The number of amides is 1. The summed E-state index contributed by atoms with van der Waals surface area (Å²) < 4.78 is 42.3. The molecule has 0 bridgehead atoms. The Kier molecular flexibility index (Phi) is 6.73. The lowest BCUT2D eigenvalue weighted by Crippen LogP contribution is -2.26. The smallest absolute Gasteiger partial charge is 0.261 e. The molecule has 0 aliphatic heterocycles. The Hall–Kier alpha value is -2.91. The molecule has 0 saturated carbocycles.